The molecule has 0 spiro atoms. The number of halogens is 2. The Morgan fingerprint density at radius 3 is 2.72 bits per heavy atom. The number of alkyl halides is 2. The van der Waals surface area contributed by atoms with Gasteiger partial charge >= 0.3 is 6.61 Å². The van der Waals surface area contributed by atoms with Crippen LogP contribution in [0.1, 0.15) is 55.1 Å². The summed E-state index contributed by atoms with van der Waals surface area (Å²) in [4.78, 5) is 25.9. The number of hydrogen-bond donors (Lipinski definition) is 1. The maximum absolute atomic E-state index is 13.0. The topological polar surface area (TPSA) is 107 Å². The van der Waals surface area contributed by atoms with Crippen molar-refractivity contribution in [1.29, 1.82) is 0 Å². The van der Waals surface area contributed by atoms with E-state index in [1.807, 2.05) is 0 Å². The molecule has 1 N–H and O–H groups in total. The first kappa shape index (κ1) is 24.9. The number of ether oxygens (including phenoxy) is 1. The number of rotatable bonds is 7. The smallest absolute Gasteiger partial charge is 0.387 e. The fraction of sp³-hybridized carbons (Fsp3) is 0.560. The van der Waals surface area contributed by atoms with Gasteiger partial charge in [0.05, 0.1) is 28.4 Å². The molecule has 8 nitrogen and oxygen atoms in total. The largest absolute Gasteiger partial charge is 0.435 e. The summed E-state index contributed by atoms with van der Waals surface area (Å²) in [7, 11) is -3.14. The second-order valence-electron chi connectivity index (χ2n) is 10.5. The van der Waals surface area contributed by atoms with Gasteiger partial charge in [0.15, 0.2) is 9.84 Å². The van der Waals surface area contributed by atoms with Crippen molar-refractivity contribution in [2.75, 3.05) is 11.5 Å². The van der Waals surface area contributed by atoms with E-state index in [1.54, 1.807) is 19.1 Å². The van der Waals surface area contributed by atoms with Crippen LogP contribution < -0.4 is 10.1 Å². The number of hydrogen-bond acceptors (Lipinski definition) is 6. The monoisotopic (exact) mass is 521 g/mol. The fourth-order valence-electron chi connectivity index (χ4n) is 5.35. The normalized spacial score (nSPS) is 24.9. The first-order valence-corrected chi connectivity index (χ1v) is 14.1. The first-order chi connectivity index (χ1) is 17.0. The van der Waals surface area contributed by atoms with Gasteiger partial charge in [-0.2, -0.15) is 13.9 Å². The second kappa shape index (κ2) is 9.24. The zero-order valence-corrected chi connectivity index (χ0v) is 20.8. The predicted molar refractivity (Wildman–Crippen MR) is 128 cm³/mol. The molecule has 1 saturated heterocycles. The van der Waals surface area contributed by atoms with Gasteiger partial charge in [-0.3, -0.25) is 9.59 Å². The first-order valence-electron chi connectivity index (χ1n) is 12.2. The maximum atomic E-state index is 13.0. The molecule has 2 aromatic rings. The average molecular weight is 522 g/mol. The number of nitrogens with zero attached hydrogens (tertiary/aromatic N) is 2. The minimum absolute atomic E-state index is 0.0205. The third-order valence-corrected chi connectivity index (χ3v) is 9.16. The Balaban J connectivity index is 1.37. The van der Waals surface area contributed by atoms with Gasteiger partial charge in [-0.05, 0) is 63.5 Å². The average Bonchev–Trinajstić information content (AvgIpc) is 3.51. The third-order valence-electron chi connectivity index (χ3n) is 7.26. The lowest BCUT2D eigenvalue weighted by Crippen LogP contribution is -2.47. The summed E-state index contributed by atoms with van der Waals surface area (Å²) in [5, 5.41) is 7.54. The SMILES string of the molecule is C[C@]1(NC(=O)CC2CCc3c(-c4cccc(OC(F)F)c4)nn(C(=O)C4CC4)c3C2)CCS(=O)(=O)C1. The molecule has 11 heteroatoms. The molecule has 2 aliphatic carbocycles. The number of nitrogens with one attached hydrogen (secondary N) is 1. The summed E-state index contributed by atoms with van der Waals surface area (Å²) < 4.78 is 55.2. The van der Waals surface area contributed by atoms with Gasteiger partial charge in [0.2, 0.25) is 11.8 Å². The maximum Gasteiger partial charge on any atom is 0.387 e. The van der Waals surface area contributed by atoms with Gasteiger partial charge in [-0.1, -0.05) is 12.1 Å². The van der Waals surface area contributed by atoms with E-state index in [2.05, 4.69) is 15.2 Å². The van der Waals surface area contributed by atoms with Gasteiger partial charge in [-0.15, -0.1) is 0 Å². The molecule has 0 bridgehead atoms. The van der Waals surface area contributed by atoms with Crippen molar-refractivity contribution >= 4 is 21.7 Å². The molecule has 1 aromatic carbocycles. The number of fused-ring (bicyclic) bond motifs is 1. The quantitative estimate of drug-likeness (QED) is 0.599. The van der Waals surface area contributed by atoms with Crippen LogP contribution in [0.25, 0.3) is 11.3 Å². The number of carbonyl (C=O) groups excluding carboxylic acids is 2. The Hall–Kier alpha value is -2.82. The van der Waals surface area contributed by atoms with Gasteiger partial charge in [-0.25, -0.2) is 13.1 Å². The molecule has 0 radical (unpaired) electrons. The molecule has 1 saturated carbocycles. The van der Waals surface area contributed by atoms with Gasteiger partial charge in [0, 0.05) is 23.5 Å². The Bertz CT molecular complexity index is 1300. The molecule has 5 rings (SSSR count). The highest BCUT2D eigenvalue weighted by molar-refractivity contribution is 7.91. The standard InChI is InChI=1S/C25H29F2N3O5S/c1-25(9-10-36(33,34)14-25)28-21(31)12-15-5-8-19-20(11-15)30(23(32)16-6-7-16)29-22(19)17-3-2-4-18(13-17)35-24(26)27/h2-4,13,15-16,24H,5-12,14H2,1H3,(H,28,31)/t15?,25-/m0/s1. The summed E-state index contributed by atoms with van der Waals surface area (Å²) in [6, 6.07) is 6.31. The van der Waals surface area contributed by atoms with Crippen LogP contribution in [0.5, 0.6) is 5.75 Å². The lowest BCUT2D eigenvalue weighted by molar-refractivity contribution is -0.123. The highest BCUT2D eigenvalue weighted by atomic mass is 32.2. The van der Waals surface area contributed by atoms with Crippen molar-refractivity contribution < 1.29 is 31.5 Å². The molecule has 2 heterocycles. The van der Waals surface area contributed by atoms with E-state index in [1.165, 1.54) is 16.8 Å². The Labute approximate surface area is 208 Å². The summed E-state index contributed by atoms with van der Waals surface area (Å²) in [5.74, 6) is -0.323. The molecule has 3 aliphatic rings. The molecule has 2 fully saturated rings. The predicted octanol–water partition coefficient (Wildman–Crippen LogP) is 3.39. The number of carbonyl (C=O) groups is 2. The third kappa shape index (κ3) is 5.30. The van der Waals surface area contributed by atoms with Crippen LogP contribution in [0.15, 0.2) is 24.3 Å². The van der Waals surface area contributed by atoms with E-state index in [9.17, 15) is 26.8 Å². The van der Waals surface area contributed by atoms with Gasteiger partial charge in [0.1, 0.15) is 5.75 Å². The van der Waals surface area contributed by atoms with Crippen LogP contribution >= 0.6 is 0 Å². The minimum Gasteiger partial charge on any atom is -0.435 e. The fourth-order valence-corrected chi connectivity index (χ4v) is 7.44. The van der Waals surface area contributed by atoms with Crippen molar-refractivity contribution in [3.63, 3.8) is 0 Å². The molecule has 194 valence electrons. The highest BCUT2D eigenvalue weighted by Gasteiger charge is 2.40. The van der Waals surface area contributed by atoms with E-state index >= 15 is 0 Å². The van der Waals surface area contributed by atoms with Crippen molar-refractivity contribution in [3.05, 3.63) is 35.5 Å². The van der Waals surface area contributed by atoms with Gasteiger partial charge < -0.3 is 10.1 Å². The zero-order chi connectivity index (χ0) is 25.7. The number of aromatic nitrogens is 2. The van der Waals surface area contributed by atoms with E-state index in [0.29, 0.717) is 36.9 Å². The lowest BCUT2D eigenvalue weighted by Gasteiger charge is -2.27. The van der Waals surface area contributed by atoms with Gasteiger partial charge in [0.25, 0.3) is 0 Å². The summed E-state index contributed by atoms with van der Waals surface area (Å²) in [5.41, 5.74) is 2.07. The molecule has 1 aromatic heterocycles. The van der Waals surface area contributed by atoms with Crippen molar-refractivity contribution in [3.8, 4) is 17.0 Å². The minimum atomic E-state index is -3.14. The van der Waals surface area contributed by atoms with E-state index in [4.69, 9.17) is 0 Å². The molecular weight excluding hydrogens is 492 g/mol. The van der Waals surface area contributed by atoms with Crippen molar-refractivity contribution in [2.24, 2.45) is 11.8 Å². The van der Waals surface area contributed by atoms with E-state index in [0.717, 1.165) is 24.1 Å². The second-order valence-corrected chi connectivity index (χ2v) is 12.7. The van der Waals surface area contributed by atoms with Crippen LogP contribution in [0.3, 0.4) is 0 Å². The van der Waals surface area contributed by atoms with Crippen LogP contribution in [0.4, 0.5) is 8.78 Å². The highest BCUT2D eigenvalue weighted by Crippen LogP contribution is 2.38. The number of amides is 1. The van der Waals surface area contributed by atoms with Crippen molar-refractivity contribution in [2.45, 2.75) is 64.0 Å². The van der Waals surface area contributed by atoms with E-state index in [-0.39, 0.29) is 47.3 Å². The Kier molecular flexibility index (Phi) is 6.38. The summed E-state index contributed by atoms with van der Waals surface area (Å²) in [6.45, 7) is -1.18. The zero-order valence-electron chi connectivity index (χ0n) is 20.0. The molecule has 1 amide bonds. The molecule has 2 atom stereocenters. The molecule has 1 unspecified atom stereocenters. The van der Waals surface area contributed by atoms with Crippen LogP contribution in [-0.2, 0) is 27.5 Å². The van der Waals surface area contributed by atoms with Crippen LogP contribution in [-0.4, -0.2) is 53.7 Å². The summed E-state index contributed by atoms with van der Waals surface area (Å²) in [6.07, 6.45) is 4.02. The van der Waals surface area contributed by atoms with Crippen molar-refractivity contribution in [1.82, 2.24) is 15.1 Å². The summed E-state index contributed by atoms with van der Waals surface area (Å²) >= 11 is 0. The van der Waals surface area contributed by atoms with E-state index < -0.39 is 22.0 Å². The molecule has 36 heavy (non-hydrogen) atoms. The lowest BCUT2D eigenvalue weighted by atomic mass is 9.83. The number of benzene rings is 1. The Morgan fingerprint density at radius 1 is 1.28 bits per heavy atom. The van der Waals surface area contributed by atoms with Crippen LogP contribution in [0.2, 0.25) is 0 Å². The van der Waals surface area contributed by atoms with Crippen LogP contribution in [0, 0.1) is 11.8 Å². The molecular formula is C25H29F2N3O5S. The number of sulfone groups is 1. The Morgan fingerprint density at radius 2 is 2.06 bits per heavy atom. The molecule has 1 aliphatic heterocycles.